The van der Waals surface area contributed by atoms with Gasteiger partial charge < -0.3 is 29.9 Å². The van der Waals surface area contributed by atoms with E-state index in [1.54, 1.807) is 34.6 Å². The highest BCUT2D eigenvalue weighted by Crippen LogP contribution is 2.65. The summed E-state index contributed by atoms with van der Waals surface area (Å²) in [4.78, 5) is 26.6. The molecule has 0 aromatic rings. The van der Waals surface area contributed by atoms with Gasteiger partial charge in [0.2, 0.25) is 0 Å². The topological polar surface area (TPSA) is 134 Å². The van der Waals surface area contributed by atoms with Gasteiger partial charge in [0.25, 0.3) is 0 Å². The van der Waals surface area contributed by atoms with Crippen LogP contribution in [-0.2, 0) is 19.1 Å². The second-order valence-electron chi connectivity index (χ2n) is 11.9. The lowest BCUT2D eigenvalue weighted by atomic mass is 9.41. The molecule has 1 saturated heterocycles. The maximum absolute atomic E-state index is 14.1. The van der Waals surface area contributed by atoms with E-state index in [4.69, 9.17) is 9.47 Å². The van der Waals surface area contributed by atoms with Crippen LogP contribution in [0.1, 0.15) is 67.7 Å². The highest BCUT2D eigenvalue weighted by molar-refractivity contribution is 5.93. The molecular weight excluding hydrogens is 440 g/mol. The monoisotopic (exact) mass is 480 g/mol. The summed E-state index contributed by atoms with van der Waals surface area (Å²) in [6.07, 6.45) is -3.48. The van der Waals surface area contributed by atoms with Gasteiger partial charge in [0.05, 0.1) is 18.3 Å². The number of esters is 1. The van der Waals surface area contributed by atoms with Crippen molar-refractivity contribution in [2.45, 2.75) is 103 Å². The van der Waals surface area contributed by atoms with Crippen LogP contribution in [0.25, 0.3) is 0 Å². The smallest absolute Gasteiger partial charge is 0.335 e. The van der Waals surface area contributed by atoms with Crippen LogP contribution in [0.15, 0.2) is 11.1 Å². The van der Waals surface area contributed by atoms with Crippen molar-refractivity contribution in [1.29, 1.82) is 0 Å². The van der Waals surface area contributed by atoms with Gasteiger partial charge in [-0.05, 0) is 42.7 Å². The minimum atomic E-state index is -1.53. The number of rotatable bonds is 3. The number of hydrogen-bond acceptors (Lipinski definition) is 8. The first-order valence-electron chi connectivity index (χ1n) is 12.5. The molecule has 8 nitrogen and oxygen atoms in total. The summed E-state index contributed by atoms with van der Waals surface area (Å²) < 4.78 is 11.3. The van der Waals surface area contributed by atoms with Crippen molar-refractivity contribution in [2.75, 3.05) is 6.61 Å². The molecule has 0 aromatic carbocycles. The van der Waals surface area contributed by atoms with E-state index < -0.39 is 64.3 Å². The molecule has 8 heteroatoms. The Morgan fingerprint density at radius 3 is 2.38 bits per heavy atom. The zero-order chi connectivity index (χ0) is 25.6. The summed E-state index contributed by atoms with van der Waals surface area (Å²) in [5.74, 6) is -2.65. The fourth-order valence-electron chi connectivity index (χ4n) is 7.79. The molecule has 1 heterocycles. The molecule has 3 fully saturated rings. The molecule has 0 amide bonds. The molecule has 192 valence electrons. The molecule has 3 aliphatic carbocycles. The summed E-state index contributed by atoms with van der Waals surface area (Å²) in [5, 5.41) is 45.7. The minimum Gasteiger partial charge on any atom is -0.456 e. The summed E-state index contributed by atoms with van der Waals surface area (Å²) in [6, 6.07) is 0. The SMILES string of the molecule is CCC(O)C(=O)OC1CC2(O)C(C)C3C4(O)COC4C[C@H](C)[C@@]3(C)C(=O)C(O)C(=C1C)C2(C)C. The third-order valence-electron chi connectivity index (χ3n) is 10.2. The Labute approximate surface area is 201 Å². The van der Waals surface area contributed by atoms with E-state index in [0.29, 0.717) is 17.6 Å². The normalized spacial score (nSPS) is 48.6. The van der Waals surface area contributed by atoms with E-state index in [1.807, 2.05) is 13.8 Å². The van der Waals surface area contributed by atoms with Gasteiger partial charge in [-0.1, -0.05) is 41.5 Å². The van der Waals surface area contributed by atoms with Gasteiger partial charge in [-0.2, -0.15) is 0 Å². The number of fused-ring (bicyclic) bond motifs is 5. The molecule has 4 rings (SSSR count). The number of carbonyl (C=O) groups excluding carboxylic acids is 2. The summed E-state index contributed by atoms with van der Waals surface area (Å²) in [6.45, 7) is 12.6. The minimum absolute atomic E-state index is 0.0299. The van der Waals surface area contributed by atoms with Gasteiger partial charge in [0.1, 0.15) is 17.8 Å². The Morgan fingerprint density at radius 2 is 1.85 bits per heavy atom. The van der Waals surface area contributed by atoms with E-state index >= 15 is 0 Å². The lowest BCUT2D eigenvalue weighted by Gasteiger charge is -2.68. The lowest BCUT2D eigenvalue weighted by molar-refractivity contribution is -0.329. The summed E-state index contributed by atoms with van der Waals surface area (Å²) in [7, 11) is 0. The third kappa shape index (κ3) is 3.01. The average Bonchev–Trinajstić information content (AvgIpc) is 2.76. The van der Waals surface area contributed by atoms with Gasteiger partial charge in [0.15, 0.2) is 11.9 Å². The predicted octanol–water partition coefficient (Wildman–Crippen LogP) is 1.52. The van der Waals surface area contributed by atoms with Crippen LogP contribution < -0.4 is 0 Å². The van der Waals surface area contributed by atoms with Crippen LogP contribution >= 0.6 is 0 Å². The first kappa shape index (κ1) is 25.8. The molecule has 0 aromatic heterocycles. The number of ketones is 1. The molecule has 2 saturated carbocycles. The van der Waals surface area contributed by atoms with E-state index in [2.05, 4.69) is 0 Å². The van der Waals surface area contributed by atoms with Crippen molar-refractivity contribution in [3.05, 3.63) is 11.1 Å². The maximum atomic E-state index is 14.1. The van der Waals surface area contributed by atoms with Crippen molar-refractivity contribution in [3.8, 4) is 0 Å². The van der Waals surface area contributed by atoms with E-state index in [9.17, 15) is 30.0 Å². The van der Waals surface area contributed by atoms with E-state index in [1.165, 1.54) is 0 Å². The number of hydrogen-bond donors (Lipinski definition) is 4. The van der Waals surface area contributed by atoms with Crippen molar-refractivity contribution in [2.24, 2.45) is 28.6 Å². The molecule has 4 aliphatic rings. The second-order valence-corrected chi connectivity index (χ2v) is 11.9. The first-order chi connectivity index (χ1) is 15.6. The molecular formula is C26H40O8. The Morgan fingerprint density at radius 1 is 1.24 bits per heavy atom. The number of Topliss-reactive ketones (excluding diaryl/α,β-unsaturated/α-hetero) is 1. The van der Waals surface area contributed by atoms with Crippen molar-refractivity contribution in [1.82, 2.24) is 0 Å². The van der Waals surface area contributed by atoms with Crippen LogP contribution in [0.5, 0.6) is 0 Å². The molecule has 4 N–H and O–H groups in total. The Balaban J connectivity index is 1.92. The van der Waals surface area contributed by atoms with E-state index in [-0.39, 0.29) is 31.1 Å². The second kappa shape index (κ2) is 7.84. The van der Waals surface area contributed by atoms with Gasteiger partial charge in [-0.25, -0.2) is 4.79 Å². The largest absolute Gasteiger partial charge is 0.456 e. The quantitative estimate of drug-likeness (QED) is 0.353. The van der Waals surface area contributed by atoms with Crippen LogP contribution in [0.4, 0.5) is 0 Å². The molecule has 2 bridgehead atoms. The van der Waals surface area contributed by atoms with Gasteiger partial charge in [0, 0.05) is 23.2 Å². The lowest BCUT2D eigenvalue weighted by Crippen LogP contribution is -2.77. The van der Waals surface area contributed by atoms with Crippen LogP contribution in [-0.4, -0.2) is 74.4 Å². The zero-order valence-corrected chi connectivity index (χ0v) is 21.3. The Kier molecular flexibility index (Phi) is 5.94. The zero-order valence-electron chi connectivity index (χ0n) is 21.3. The number of ether oxygens (including phenoxy) is 2. The number of aliphatic hydroxyl groups is 4. The first-order valence-corrected chi connectivity index (χ1v) is 12.5. The summed E-state index contributed by atoms with van der Waals surface area (Å²) >= 11 is 0. The number of aliphatic hydroxyl groups excluding tert-OH is 2. The predicted molar refractivity (Wildman–Crippen MR) is 122 cm³/mol. The molecule has 10 atom stereocenters. The fraction of sp³-hybridized carbons (Fsp3) is 0.846. The Bertz CT molecular complexity index is 926. The van der Waals surface area contributed by atoms with Crippen molar-refractivity contribution < 1.29 is 39.5 Å². The molecule has 8 unspecified atom stereocenters. The fourth-order valence-corrected chi connectivity index (χ4v) is 7.79. The molecule has 0 radical (unpaired) electrons. The van der Waals surface area contributed by atoms with Gasteiger partial charge in [-0.3, -0.25) is 4.79 Å². The van der Waals surface area contributed by atoms with Crippen molar-refractivity contribution in [3.63, 3.8) is 0 Å². The van der Waals surface area contributed by atoms with Crippen LogP contribution in [0.2, 0.25) is 0 Å². The maximum Gasteiger partial charge on any atom is 0.335 e. The van der Waals surface area contributed by atoms with Gasteiger partial charge >= 0.3 is 5.97 Å². The highest BCUT2D eigenvalue weighted by atomic mass is 16.6. The van der Waals surface area contributed by atoms with E-state index in [0.717, 1.165) is 0 Å². The van der Waals surface area contributed by atoms with Crippen LogP contribution in [0, 0.1) is 28.6 Å². The molecule has 1 aliphatic heterocycles. The Hall–Kier alpha value is -1.32. The summed E-state index contributed by atoms with van der Waals surface area (Å²) in [5.41, 5.74) is -4.09. The average molecular weight is 481 g/mol. The standard InChI is InChI=1S/C26H40O8/c1-8-15(27)22(30)34-16-10-26(32)14(4)20-24(7,12(2)9-17-25(20,31)11-33-17)21(29)19(28)18(13(16)3)23(26,5)6/h12,14-17,19-20,27-28,31-32H,8-11H2,1-7H3/t12-,14?,15?,16?,17?,19?,20?,24+,25?,26?/m0/s1. The third-order valence-corrected chi connectivity index (χ3v) is 10.2. The highest BCUT2D eigenvalue weighted by Gasteiger charge is 2.73. The number of carbonyl (C=O) groups is 2. The van der Waals surface area contributed by atoms with Crippen molar-refractivity contribution >= 4 is 11.8 Å². The molecule has 34 heavy (non-hydrogen) atoms. The molecule has 0 spiro atoms. The van der Waals surface area contributed by atoms with Gasteiger partial charge in [-0.15, -0.1) is 0 Å². The van der Waals surface area contributed by atoms with Crippen LogP contribution in [0.3, 0.4) is 0 Å².